The minimum absolute atomic E-state index is 0.255. The third-order valence-corrected chi connectivity index (χ3v) is 8.06. The first-order chi connectivity index (χ1) is 13.8. The lowest BCUT2D eigenvalue weighted by Gasteiger charge is -2.51. The number of alkyl halides is 1. The summed E-state index contributed by atoms with van der Waals surface area (Å²) in [6.07, 6.45) is 0. The molecule has 148 valence electrons. The molecule has 3 aliphatic carbocycles. The van der Waals surface area contributed by atoms with Crippen LogP contribution in [0.25, 0.3) is 0 Å². The molecule has 1 heterocycles. The number of rotatable bonds is 3. The highest BCUT2D eigenvalue weighted by molar-refractivity contribution is 9.09. The Kier molecular flexibility index (Phi) is 3.85. The topological polar surface area (TPSA) is 74.7 Å². The zero-order valence-corrected chi connectivity index (χ0v) is 17.6. The van der Waals surface area contributed by atoms with Gasteiger partial charge in [0.05, 0.1) is 16.2 Å². The maximum Gasteiger partial charge on any atom is 0.327 e. The van der Waals surface area contributed by atoms with Crippen molar-refractivity contribution in [2.45, 2.75) is 30.1 Å². The number of carboxylic acid groups (broad SMARTS) is 1. The van der Waals surface area contributed by atoms with Crippen LogP contribution in [0.3, 0.4) is 0 Å². The number of imide groups is 1. The maximum atomic E-state index is 13.6. The van der Waals surface area contributed by atoms with E-state index in [4.69, 9.17) is 0 Å². The third kappa shape index (κ3) is 2.13. The standard InChI is InChI=1S/C23H20BrNO4/c1-11(2)19(22(28)29)25-20(26)17-16-12-7-3-5-9-14(12)23(24,18(17)21(25)27)15-10-6-4-8-13(15)16/h3-11,16-19H,1-2H3,(H,28,29)/t16?,17-,18-,19-,23?/m0/s1. The molecule has 0 unspecified atom stereocenters. The lowest BCUT2D eigenvalue weighted by molar-refractivity contribution is -0.157. The molecule has 1 saturated heterocycles. The van der Waals surface area contributed by atoms with Gasteiger partial charge in [-0.05, 0) is 28.2 Å². The molecule has 1 N–H and O–H groups in total. The Morgan fingerprint density at radius 3 is 2.00 bits per heavy atom. The highest BCUT2D eigenvalue weighted by atomic mass is 79.9. The van der Waals surface area contributed by atoms with Gasteiger partial charge in [-0.15, -0.1) is 0 Å². The summed E-state index contributed by atoms with van der Waals surface area (Å²) in [6, 6.07) is 14.6. The van der Waals surface area contributed by atoms with Crippen LogP contribution in [0, 0.1) is 17.8 Å². The summed E-state index contributed by atoms with van der Waals surface area (Å²) in [5.74, 6) is -3.82. The van der Waals surface area contributed by atoms with Crippen molar-refractivity contribution in [3.8, 4) is 0 Å². The van der Waals surface area contributed by atoms with Gasteiger partial charge in [-0.3, -0.25) is 14.5 Å². The van der Waals surface area contributed by atoms with Crippen molar-refractivity contribution < 1.29 is 19.5 Å². The molecule has 4 aliphatic rings. The Hall–Kier alpha value is -2.47. The van der Waals surface area contributed by atoms with Gasteiger partial charge < -0.3 is 5.11 Å². The van der Waals surface area contributed by atoms with Gasteiger partial charge in [-0.1, -0.05) is 78.3 Å². The van der Waals surface area contributed by atoms with Crippen LogP contribution in [0.15, 0.2) is 48.5 Å². The van der Waals surface area contributed by atoms with E-state index < -0.39 is 34.1 Å². The number of nitrogens with zero attached hydrogens (tertiary/aromatic N) is 1. The number of benzene rings is 2. The van der Waals surface area contributed by atoms with E-state index in [1.807, 2.05) is 48.5 Å². The zero-order valence-electron chi connectivity index (χ0n) is 16.0. The second-order valence-corrected chi connectivity index (χ2v) is 9.69. The Labute approximate surface area is 176 Å². The largest absolute Gasteiger partial charge is 0.480 e. The summed E-state index contributed by atoms with van der Waals surface area (Å²) in [5.41, 5.74) is 4.04. The third-order valence-electron chi connectivity index (χ3n) is 6.71. The Morgan fingerprint density at radius 1 is 1.00 bits per heavy atom. The lowest BCUT2D eigenvalue weighted by atomic mass is 9.55. The fourth-order valence-electron chi connectivity index (χ4n) is 5.67. The van der Waals surface area contributed by atoms with Crippen molar-refractivity contribution in [3.63, 3.8) is 0 Å². The number of carbonyl (C=O) groups is 3. The average molecular weight is 454 g/mol. The first kappa shape index (κ1) is 18.6. The van der Waals surface area contributed by atoms with Crippen LogP contribution in [-0.4, -0.2) is 33.8 Å². The summed E-state index contributed by atoms with van der Waals surface area (Å²) in [7, 11) is 0. The van der Waals surface area contributed by atoms with E-state index in [1.165, 1.54) is 0 Å². The van der Waals surface area contributed by atoms with E-state index in [2.05, 4.69) is 15.9 Å². The fraction of sp³-hybridized carbons (Fsp3) is 0.348. The van der Waals surface area contributed by atoms with Crippen LogP contribution in [-0.2, 0) is 18.7 Å². The van der Waals surface area contributed by atoms with Gasteiger partial charge in [0.2, 0.25) is 11.8 Å². The zero-order chi connectivity index (χ0) is 20.7. The summed E-state index contributed by atoms with van der Waals surface area (Å²) < 4.78 is -0.846. The fourth-order valence-corrected chi connectivity index (χ4v) is 6.87. The van der Waals surface area contributed by atoms with E-state index in [0.29, 0.717) is 0 Å². The number of hydrogen-bond donors (Lipinski definition) is 1. The van der Waals surface area contributed by atoms with Gasteiger partial charge in [0, 0.05) is 5.92 Å². The van der Waals surface area contributed by atoms with E-state index in [9.17, 15) is 19.5 Å². The molecule has 0 radical (unpaired) electrons. The van der Waals surface area contributed by atoms with Crippen LogP contribution < -0.4 is 0 Å². The first-order valence-corrected chi connectivity index (χ1v) is 10.6. The number of aliphatic carboxylic acids is 1. The van der Waals surface area contributed by atoms with Gasteiger partial charge in [0.15, 0.2) is 0 Å². The van der Waals surface area contributed by atoms with E-state index in [-0.39, 0.29) is 17.7 Å². The molecule has 1 fully saturated rings. The summed E-state index contributed by atoms with van der Waals surface area (Å²) in [5, 5.41) is 9.77. The molecule has 29 heavy (non-hydrogen) atoms. The smallest absolute Gasteiger partial charge is 0.327 e. The quantitative estimate of drug-likeness (QED) is 0.569. The summed E-state index contributed by atoms with van der Waals surface area (Å²) >= 11 is 3.91. The molecular formula is C23H20BrNO4. The predicted octanol–water partition coefficient (Wildman–Crippen LogP) is 3.49. The molecule has 2 aromatic rings. The van der Waals surface area contributed by atoms with Gasteiger partial charge in [-0.2, -0.15) is 0 Å². The summed E-state index contributed by atoms with van der Waals surface area (Å²) in [6.45, 7) is 3.45. The highest BCUT2D eigenvalue weighted by Crippen LogP contribution is 2.66. The van der Waals surface area contributed by atoms with Crippen molar-refractivity contribution in [2.24, 2.45) is 17.8 Å². The molecular weight excluding hydrogens is 434 g/mol. The SMILES string of the molecule is CC(C)[C@@H](C(=O)O)N1C(=O)[C@@H]2[C@@H](C1=O)C1c3ccccc3C2(Br)c2ccccc21. The second kappa shape index (κ2) is 6.02. The van der Waals surface area contributed by atoms with E-state index >= 15 is 0 Å². The Bertz CT molecular complexity index is 1030. The molecule has 0 aromatic heterocycles. The van der Waals surface area contributed by atoms with Crippen molar-refractivity contribution in [1.82, 2.24) is 4.90 Å². The monoisotopic (exact) mass is 453 g/mol. The molecule has 2 aromatic carbocycles. The molecule has 2 amide bonds. The van der Waals surface area contributed by atoms with Crippen molar-refractivity contribution >= 4 is 33.7 Å². The number of halogens is 1. The summed E-state index contributed by atoms with van der Waals surface area (Å²) in [4.78, 5) is 40.2. The highest BCUT2D eigenvalue weighted by Gasteiger charge is 2.68. The number of carboxylic acids is 1. The van der Waals surface area contributed by atoms with Crippen molar-refractivity contribution in [2.75, 3.05) is 0 Å². The molecule has 0 saturated carbocycles. The molecule has 0 spiro atoms. The first-order valence-electron chi connectivity index (χ1n) is 9.77. The normalized spacial score (nSPS) is 30.2. The Balaban J connectivity index is 1.77. The van der Waals surface area contributed by atoms with Crippen LogP contribution in [0.1, 0.15) is 42.0 Å². The second-order valence-electron chi connectivity index (χ2n) is 8.44. The lowest BCUT2D eigenvalue weighted by Crippen LogP contribution is -2.50. The molecule has 3 atom stereocenters. The molecule has 2 bridgehead atoms. The van der Waals surface area contributed by atoms with Crippen molar-refractivity contribution in [3.05, 3.63) is 70.8 Å². The van der Waals surface area contributed by atoms with Crippen molar-refractivity contribution in [1.29, 1.82) is 0 Å². The van der Waals surface area contributed by atoms with Crippen LogP contribution in [0.4, 0.5) is 0 Å². The number of hydrogen-bond acceptors (Lipinski definition) is 3. The van der Waals surface area contributed by atoms with Gasteiger partial charge in [0.25, 0.3) is 0 Å². The molecule has 5 nitrogen and oxygen atoms in total. The minimum Gasteiger partial charge on any atom is -0.480 e. The number of amides is 2. The number of carbonyl (C=O) groups excluding carboxylic acids is 2. The maximum absolute atomic E-state index is 13.6. The average Bonchev–Trinajstić information content (AvgIpc) is 2.95. The van der Waals surface area contributed by atoms with E-state index in [0.717, 1.165) is 27.2 Å². The van der Waals surface area contributed by atoms with Crippen LogP contribution in [0.5, 0.6) is 0 Å². The van der Waals surface area contributed by atoms with Crippen LogP contribution >= 0.6 is 15.9 Å². The molecule has 1 aliphatic heterocycles. The molecule has 6 rings (SSSR count). The minimum atomic E-state index is -1.16. The number of likely N-dealkylation sites (tertiary alicyclic amines) is 1. The van der Waals surface area contributed by atoms with Gasteiger partial charge in [-0.25, -0.2) is 4.79 Å². The Morgan fingerprint density at radius 2 is 1.52 bits per heavy atom. The molecule has 6 heteroatoms. The predicted molar refractivity (Wildman–Crippen MR) is 110 cm³/mol. The van der Waals surface area contributed by atoms with E-state index in [1.54, 1.807) is 13.8 Å². The van der Waals surface area contributed by atoms with Gasteiger partial charge >= 0.3 is 5.97 Å². The van der Waals surface area contributed by atoms with Crippen LogP contribution in [0.2, 0.25) is 0 Å². The van der Waals surface area contributed by atoms with Gasteiger partial charge in [0.1, 0.15) is 6.04 Å².